The number of nitrogens with zero attached hydrogens (tertiary/aromatic N) is 3. The number of hydrogen-bond acceptors (Lipinski definition) is 6. The SMILES string of the molecule is O=S(=O)(c1cccs1)N1CCN(Cc2csc(-c3ccc(Cl)cc3)n2)CC1. The number of thiazole rings is 1. The van der Waals surface area contributed by atoms with Crippen molar-refractivity contribution in [3.63, 3.8) is 0 Å². The third kappa shape index (κ3) is 4.26. The van der Waals surface area contributed by atoms with Crippen LogP contribution in [0.3, 0.4) is 0 Å². The van der Waals surface area contributed by atoms with Crippen LogP contribution in [0.25, 0.3) is 10.6 Å². The van der Waals surface area contributed by atoms with Crippen LogP contribution in [0.1, 0.15) is 5.69 Å². The Hall–Kier alpha value is -1.29. The van der Waals surface area contributed by atoms with Crippen molar-refractivity contribution in [2.75, 3.05) is 26.2 Å². The summed E-state index contributed by atoms with van der Waals surface area (Å²) in [5, 5.41) is 5.55. The Bertz CT molecular complexity index is 993. The van der Waals surface area contributed by atoms with Gasteiger partial charge in [0.05, 0.1) is 5.69 Å². The molecule has 0 atom stereocenters. The Kier molecular flexibility index (Phi) is 5.63. The maximum absolute atomic E-state index is 12.6. The van der Waals surface area contributed by atoms with Crippen LogP contribution in [0, 0.1) is 0 Å². The predicted octanol–water partition coefficient (Wildman–Crippen LogP) is 4.03. The predicted molar refractivity (Wildman–Crippen MR) is 111 cm³/mol. The summed E-state index contributed by atoms with van der Waals surface area (Å²) in [6, 6.07) is 11.1. The molecule has 142 valence electrons. The highest BCUT2D eigenvalue weighted by Crippen LogP contribution is 2.26. The van der Waals surface area contributed by atoms with Crippen LogP contribution >= 0.6 is 34.3 Å². The second-order valence-electron chi connectivity index (χ2n) is 6.26. The van der Waals surface area contributed by atoms with Crippen molar-refractivity contribution in [1.29, 1.82) is 0 Å². The van der Waals surface area contributed by atoms with E-state index in [1.807, 2.05) is 24.3 Å². The van der Waals surface area contributed by atoms with Gasteiger partial charge < -0.3 is 0 Å². The molecule has 0 N–H and O–H groups in total. The number of benzene rings is 1. The number of aromatic nitrogens is 1. The quantitative estimate of drug-likeness (QED) is 0.602. The fourth-order valence-electron chi connectivity index (χ4n) is 3.00. The number of halogens is 1. The van der Waals surface area contributed by atoms with Gasteiger partial charge in [-0.15, -0.1) is 22.7 Å². The van der Waals surface area contributed by atoms with Gasteiger partial charge in [0.1, 0.15) is 9.22 Å². The second kappa shape index (κ2) is 7.98. The molecule has 3 aromatic rings. The van der Waals surface area contributed by atoms with E-state index >= 15 is 0 Å². The summed E-state index contributed by atoms with van der Waals surface area (Å²) in [4.78, 5) is 6.97. The van der Waals surface area contributed by atoms with Gasteiger partial charge in [-0.05, 0) is 23.6 Å². The van der Waals surface area contributed by atoms with Gasteiger partial charge in [-0.2, -0.15) is 4.31 Å². The molecule has 0 radical (unpaired) electrons. The van der Waals surface area contributed by atoms with Gasteiger partial charge in [0.25, 0.3) is 10.0 Å². The van der Waals surface area contributed by atoms with Crippen molar-refractivity contribution >= 4 is 44.3 Å². The van der Waals surface area contributed by atoms with Crippen LogP contribution in [-0.4, -0.2) is 48.8 Å². The molecular formula is C18H18ClN3O2S3. The van der Waals surface area contributed by atoms with Gasteiger partial charge in [-0.3, -0.25) is 4.90 Å². The van der Waals surface area contributed by atoms with Gasteiger partial charge in [-0.25, -0.2) is 13.4 Å². The average molecular weight is 440 g/mol. The highest BCUT2D eigenvalue weighted by molar-refractivity contribution is 7.91. The first-order chi connectivity index (χ1) is 13.0. The van der Waals surface area contributed by atoms with Crippen LogP contribution in [0.5, 0.6) is 0 Å². The van der Waals surface area contributed by atoms with E-state index in [0.29, 0.717) is 35.4 Å². The Morgan fingerprint density at radius 2 is 1.78 bits per heavy atom. The summed E-state index contributed by atoms with van der Waals surface area (Å²) in [6.45, 7) is 3.16. The summed E-state index contributed by atoms with van der Waals surface area (Å²) in [5.74, 6) is 0. The zero-order chi connectivity index (χ0) is 18.9. The van der Waals surface area contributed by atoms with Crippen molar-refractivity contribution in [2.24, 2.45) is 0 Å². The third-order valence-corrected chi connectivity index (χ3v) is 8.91. The van der Waals surface area contributed by atoms with Gasteiger partial charge in [0, 0.05) is 48.7 Å². The van der Waals surface area contributed by atoms with E-state index in [-0.39, 0.29) is 0 Å². The van der Waals surface area contributed by atoms with E-state index in [4.69, 9.17) is 16.6 Å². The molecule has 0 bridgehead atoms. The molecule has 0 unspecified atom stereocenters. The van der Waals surface area contributed by atoms with Gasteiger partial charge in [0.2, 0.25) is 0 Å². The van der Waals surface area contributed by atoms with E-state index in [1.165, 1.54) is 11.3 Å². The molecule has 0 amide bonds. The van der Waals surface area contributed by atoms with Crippen molar-refractivity contribution in [2.45, 2.75) is 10.8 Å². The molecule has 0 spiro atoms. The van der Waals surface area contributed by atoms with E-state index < -0.39 is 10.0 Å². The maximum Gasteiger partial charge on any atom is 0.252 e. The van der Waals surface area contributed by atoms with Gasteiger partial charge in [0.15, 0.2) is 0 Å². The fourth-order valence-corrected chi connectivity index (χ4v) is 6.51. The molecule has 5 nitrogen and oxygen atoms in total. The molecular weight excluding hydrogens is 422 g/mol. The Morgan fingerprint density at radius 1 is 1.04 bits per heavy atom. The molecule has 1 saturated heterocycles. The summed E-state index contributed by atoms with van der Waals surface area (Å²) < 4.78 is 27.2. The maximum atomic E-state index is 12.6. The second-order valence-corrected chi connectivity index (χ2v) is 10.7. The van der Waals surface area contributed by atoms with Crippen LogP contribution in [0.15, 0.2) is 51.4 Å². The lowest BCUT2D eigenvalue weighted by molar-refractivity contribution is 0.180. The standard InChI is InChI=1S/C18H18ClN3O2S3/c19-15-5-3-14(4-6-15)18-20-16(13-26-18)12-21-7-9-22(10-8-21)27(23,24)17-2-1-11-25-17/h1-6,11,13H,7-10,12H2. The van der Waals surface area contributed by atoms with E-state index in [0.717, 1.165) is 22.8 Å². The molecule has 1 aromatic carbocycles. The first kappa shape index (κ1) is 19.0. The third-order valence-electron chi connectivity index (χ3n) is 4.45. The summed E-state index contributed by atoms with van der Waals surface area (Å²) in [7, 11) is -3.35. The number of rotatable bonds is 5. The number of thiophene rings is 1. The van der Waals surface area contributed by atoms with Gasteiger partial charge in [-0.1, -0.05) is 29.8 Å². The molecule has 2 aromatic heterocycles. The first-order valence-electron chi connectivity index (χ1n) is 8.49. The Morgan fingerprint density at radius 3 is 2.44 bits per heavy atom. The fraction of sp³-hybridized carbons (Fsp3) is 0.278. The molecule has 1 aliphatic rings. The van der Waals surface area contributed by atoms with E-state index in [9.17, 15) is 8.42 Å². The zero-order valence-electron chi connectivity index (χ0n) is 14.4. The first-order valence-corrected chi connectivity index (χ1v) is 12.1. The summed E-state index contributed by atoms with van der Waals surface area (Å²) >= 11 is 8.82. The minimum atomic E-state index is -3.35. The molecule has 0 aliphatic carbocycles. The van der Waals surface area contributed by atoms with Crippen molar-refractivity contribution in [1.82, 2.24) is 14.2 Å². The van der Waals surface area contributed by atoms with Crippen molar-refractivity contribution in [3.05, 3.63) is 57.9 Å². The molecule has 9 heteroatoms. The van der Waals surface area contributed by atoms with Crippen LogP contribution in [0.2, 0.25) is 5.02 Å². The number of piperazine rings is 1. The van der Waals surface area contributed by atoms with Gasteiger partial charge >= 0.3 is 0 Å². The topological polar surface area (TPSA) is 53.5 Å². The number of hydrogen-bond donors (Lipinski definition) is 0. The highest BCUT2D eigenvalue weighted by atomic mass is 35.5. The zero-order valence-corrected chi connectivity index (χ0v) is 17.6. The Labute approximate surface area is 171 Å². The lowest BCUT2D eigenvalue weighted by Gasteiger charge is -2.33. The van der Waals surface area contributed by atoms with E-state index in [1.54, 1.807) is 33.2 Å². The van der Waals surface area contributed by atoms with Crippen molar-refractivity contribution < 1.29 is 8.42 Å². The molecule has 1 aliphatic heterocycles. The number of sulfonamides is 1. The monoisotopic (exact) mass is 439 g/mol. The Balaban J connectivity index is 1.37. The van der Waals surface area contributed by atoms with Crippen LogP contribution < -0.4 is 0 Å². The molecule has 3 heterocycles. The normalized spacial score (nSPS) is 16.6. The minimum Gasteiger partial charge on any atom is -0.295 e. The minimum absolute atomic E-state index is 0.419. The lowest BCUT2D eigenvalue weighted by Crippen LogP contribution is -2.48. The molecule has 27 heavy (non-hydrogen) atoms. The van der Waals surface area contributed by atoms with Crippen molar-refractivity contribution in [3.8, 4) is 10.6 Å². The largest absolute Gasteiger partial charge is 0.295 e. The van der Waals surface area contributed by atoms with Crippen LogP contribution in [0.4, 0.5) is 0 Å². The average Bonchev–Trinajstić information content (AvgIpc) is 3.35. The smallest absolute Gasteiger partial charge is 0.252 e. The van der Waals surface area contributed by atoms with E-state index in [2.05, 4.69) is 10.3 Å². The lowest BCUT2D eigenvalue weighted by atomic mass is 10.2. The summed E-state index contributed by atoms with van der Waals surface area (Å²) in [5.41, 5.74) is 2.07. The molecule has 1 fully saturated rings. The van der Waals surface area contributed by atoms with Crippen LogP contribution in [-0.2, 0) is 16.6 Å². The summed E-state index contributed by atoms with van der Waals surface area (Å²) in [6.07, 6.45) is 0. The highest BCUT2D eigenvalue weighted by Gasteiger charge is 2.29. The molecule has 0 saturated carbocycles. The molecule has 4 rings (SSSR count).